The average molecular weight is 394 g/mol. The molecular weight excluding hydrogens is 366 g/mol. The van der Waals surface area contributed by atoms with Crippen LogP contribution in [0.4, 0.5) is 10.7 Å². The summed E-state index contributed by atoms with van der Waals surface area (Å²) in [5.41, 5.74) is 5.25. The number of imidazole rings is 1. The number of hydrogen-bond donors (Lipinski definition) is 0. The summed E-state index contributed by atoms with van der Waals surface area (Å²) in [6.07, 6.45) is 0. The third-order valence-electron chi connectivity index (χ3n) is 6.11. The van der Waals surface area contributed by atoms with Gasteiger partial charge >= 0.3 is 12.0 Å². The second-order valence-corrected chi connectivity index (χ2v) is 8.37. The average Bonchev–Trinajstić information content (AvgIpc) is 3.15. The molecule has 1 fully saturated rings. The molecule has 2 aliphatic rings. The molecule has 1 unspecified atom stereocenters. The van der Waals surface area contributed by atoms with E-state index < -0.39 is 6.04 Å². The number of hydrogen-bond acceptors (Lipinski definition) is 3. The number of carbonyl (C=O) groups excluding carboxylic acids is 2. The number of aliphatic imine (C=N–C) groups is 1. The van der Waals surface area contributed by atoms with Crippen LogP contribution >= 0.6 is 0 Å². The minimum Gasteiger partial charge on any atom is -0.270 e. The van der Waals surface area contributed by atoms with Crippen molar-refractivity contribution in [2.75, 3.05) is 7.05 Å². The van der Waals surface area contributed by atoms with E-state index in [0.717, 1.165) is 34.0 Å². The number of aryl methyl sites for hydroxylation is 2. The third-order valence-corrected chi connectivity index (χ3v) is 6.11. The van der Waals surface area contributed by atoms with E-state index >= 15 is 0 Å². The number of imide groups is 1. The van der Waals surface area contributed by atoms with Crippen molar-refractivity contribution in [3.63, 3.8) is 0 Å². The first-order valence-electron chi connectivity index (χ1n) is 10.00. The molecule has 2 aromatic rings. The predicted molar refractivity (Wildman–Crippen MR) is 110 cm³/mol. The van der Waals surface area contributed by atoms with Gasteiger partial charge in [0.2, 0.25) is 11.9 Å². The van der Waals surface area contributed by atoms with Crippen molar-refractivity contribution < 1.29 is 14.2 Å². The SMILES string of the molecule is Cc1ccc(C)c(CN2C(=O)C3C(=Nc4n(C(C)C)c(C)c(C)[n+]43)N(C)C2=O)c1. The summed E-state index contributed by atoms with van der Waals surface area (Å²) in [7, 11) is 1.70. The van der Waals surface area contributed by atoms with E-state index in [0.29, 0.717) is 5.84 Å². The Morgan fingerprint density at radius 1 is 1.14 bits per heavy atom. The lowest BCUT2D eigenvalue weighted by Crippen LogP contribution is -2.63. The van der Waals surface area contributed by atoms with E-state index in [-0.39, 0.29) is 24.5 Å². The summed E-state index contributed by atoms with van der Waals surface area (Å²) in [5.74, 6) is 1.02. The molecule has 0 bridgehead atoms. The first kappa shape index (κ1) is 19.4. The molecule has 1 aromatic heterocycles. The third kappa shape index (κ3) is 2.71. The molecule has 7 nitrogen and oxygen atoms in total. The van der Waals surface area contributed by atoms with Gasteiger partial charge in [0.25, 0.3) is 5.91 Å². The van der Waals surface area contributed by atoms with Gasteiger partial charge in [0.05, 0.1) is 12.6 Å². The van der Waals surface area contributed by atoms with Crippen molar-refractivity contribution >= 4 is 23.7 Å². The molecule has 1 saturated heterocycles. The van der Waals surface area contributed by atoms with Gasteiger partial charge in [-0.05, 0) is 52.7 Å². The number of likely N-dealkylation sites (N-methyl/N-ethyl adjacent to an activating group) is 1. The van der Waals surface area contributed by atoms with Crippen LogP contribution in [0.5, 0.6) is 0 Å². The van der Waals surface area contributed by atoms with E-state index in [1.54, 1.807) is 7.05 Å². The van der Waals surface area contributed by atoms with Crippen molar-refractivity contribution in [2.24, 2.45) is 4.99 Å². The number of urea groups is 1. The van der Waals surface area contributed by atoms with Crippen molar-refractivity contribution in [2.45, 2.75) is 60.2 Å². The number of fused-ring (bicyclic) bond motifs is 3. The smallest absolute Gasteiger partial charge is 0.270 e. The Hall–Kier alpha value is -2.96. The van der Waals surface area contributed by atoms with Crippen LogP contribution in [-0.2, 0) is 11.3 Å². The van der Waals surface area contributed by atoms with Crippen LogP contribution in [0.3, 0.4) is 0 Å². The Labute approximate surface area is 171 Å². The van der Waals surface area contributed by atoms with Crippen molar-refractivity contribution in [3.8, 4) is 0 Å². The first-order chi connectivity index (χ1) is 13.6. The highest BCUT2D eigenvalue weighted by Crippen LogP contribution is 2.33. The molecule has 4 rings (SSSR count). The second-order valence-electron chi connectivity index (χ2n) is 8.37. The summed E-state index contributed by atoms with van der Waals surface area (Å²) in [6.45, 7) is 12.5. The van der Waals surface area contributed by atoms with Crippen molar-refractivity contribution in [1.82, 2.24) is 14.4 Å². The molecule has 1 aromatic carbocycles. The summed E-state index contributed by atoms with van der Waals surface area (Å²) in [5, 5.41) is 0. The molecule has 7 heteroatoms. The van der Waals surface area contributed by atoms with Crippen LogP contribution in [0, 0.1) is 27.7 Å². The molecule has 3 amide bonds. The normalized spacial score (nSPS) is 18.5. The van der Waals surface area contributed by atoms with Gasteiger partial charge in [0, 0.05) is 7.05 Å². The summed E-state index contributed by atoms with van der Waals surface area (Å²) < 4.78 is 4.10. The molecule has 0 spiro atoms. The van der Waals surface area contributed by atoms with Gasteiger partial charge in [0.15, 0.2) is 0 Å². The fourth-order valence-electron chi connectivity index (χ4n) is 4.37. The fraction of sp³-hybridized carbons (Fsp3) is 0.455. The van der Waals surface area contributed by atoms with Gasteiger partial charge in [0.1, 0.15) is 11.4 Å². The zero-order valence-corrected chi connectivity index (χ0v) is 18.1. The Bertz CT molecular complexity index is 1080. The molecule has 29 heavy (non-hydrogen) atoms. The second kappa shape index (κ2) is 6.54. The Morgan fingerprint density at radius 2 is 1.83 bits per heavy atom. The molecular formula is C22H28N5O2+. The molecule has 0 saturated carbocycles. The number of amidine groups is 1. The summed E-state index contributed by atoms with van der Waals surface area (Å²) in [6, 6.07) is 5.38. The maximum atomic E-state index is 13.5. The summed E-state index contributed by atoms with van der Waals surface area (Å²) in [4.78, 5) is 34.2. The quantitative estimate of drug-likeness (QED) is 0.750. The summed E-state index contributed by atoms with van der Waals surface area (Å²) >= 11 is 0. The number of carbonyl (C=O) groups is 2. The van der Waals surface area contributed by atoms with Gasteiger partial charge in [-0.15, -0.1) is 0 Å². The lowest BCUT2D eigenvalue weighted by atomic mass is 10.0. The highest BCUT2D eigenvalue weighted by molar-refractivity contribution is 6.19. The minimum atomic E-state index is -0.600. The van der Waals surface area contributed by atoms with Gasteiger partial charge < -0.3 is 0 Å². The van der Waals surface area contributed by atoms with Gasteiger partial charge in [-0.3, -0.25) is 14.6 Å². The number of rotatable bonds is 3. The predicted octanol–water partition coefficient (Wildman–Crippen LogP) is 3.27. The fourth-order valence-corrected chi connectivity index (χ4v) is 4.37. The van der Waals surface area contributed by atoms with Crippen LogP contribution < -0.4 is 4.57 Å². The minimum absolute atomic E-state index is 0.205. The van der Waals surface area contributed by atoms with Crippen LogP contribution in [0.25, 0.3) is 0 Å². The Kier molecular flexibility index (Phi) is 4.37. The molecule has 0 N–H and O–H groups in total. The molecule has 0 aliphatic carbocycles. The van der Waals surface area contributed by atoms with Crippen LogP contribution in [0.2, 0.25) is 0 Å². The Morgan fingerprint density at radius 3 is 2.48 bits per heavy atom. The number of aromatic nitrogens is 2. The first-order valence-corrected chi connectivity index (χ1v) is 10.00. The lowest BCUT2D eigenvalue weighted by Gasteiger charge is -2.33. The highest BCUT2D eigenvalue weighted by atomic mass is 16.2. The molecule has 3 heterocycles. The van der Waals surface area contributed by atoms with E-state index in [1.165, 1.54) is 9.80 Å². The zero-order chi connectivity index (χ0) is 21.2. The van der Waals surface area contributed by atoms with Gasteiger partial charge in [-0.2, -0.15) is 0 Å². The number of benzene rings is 1. The number of nitrogens with zero attached hydrogens (tertiary/aromatic N) is 5. The highest BCUT2D eigenvalue weighted by Gasteiger charge is 2.54. The van der Waals surface area contributed by atoms with E-state index in [4.69, 9.17) is 4.99 Å². The zero-order valence-electron chi connectivity index (χ0n) is 18.1. The van der Waals surface area contributed by atoms with Crippen LogP contribution in [0.15, 0.2) is 23.2 Å². The lowest BCUT2D eigenvalue weighted by molar-refractivity contribution is -0.683. The van der Waals surface area contributed by atoms with E-state index in [9.17, 15) is 9.59 Å². The van der Waals surface area contributed by atoms with Gasteiger partial charge in [-0.25, -0.2) is 13.9 Å². The maximum Gasteiger partial charge on any atom is 0.402 e. The molecule has 1 atom stereocenters. The molecule has 152 valence electrons. The van der Waals surface area contributed by atoms with Crippen LogP contribution in [0.1, 0.15) is 54.0 Å². The Balaban J connectivity index is 1.80. The van der Waals surface area contributed by atoms with Crippen molar-refractivity contribution in [1.29, 1.82) is 0 Å². The van der Waals surface area contributed by atoms with Crippen LogP contribution in [-0.4, -0.2) is 39.2 Å². The van der Waals surface area contributed by atoms with E-state index in [1.807, 2.05) is 50.5 Å². The maximum absolute atomic E-state index is 13.5. The van der Waals surface area contributed by atoms with Crippen molar-refractivity contribution in [3.05, 3.63) is 46.3 Å². The standard InChI is InChI=1S/C22H28N5O2/c1-12(2)26-15(5)16(6)27-18-19(23-21(26)27)24(7)22(29)25(20(18)28)11-17-10-13(3)8-9-14(17)4/h8-10,12,18H,11H2,1-7H3/q+1. The molecule has 2 aliphatic heterocycles. The monoisotopic (exact) mass is 394 g/mol. The largest absolute Gasteiger partial charge is 0.402 e. The topological polar surface area (TPSA) is 61.8 Å². The number of amides is 3. The van der Waals surface area contributed by atoms with E-state index in [2.05, 4.69) is 18.4 Å². The van der Waals surface area contributed by atoms with Gasteiger partial charge in [-0.1, -0.05) is 28.8 Å². The molecule has 0 radical (unpaired) electrons.